The standard InChI is InChI=1S/C60H58O4P2/c1-35-17-13-18-36(2)55(35)49-29-43(47-33-45(61-9)25-27-53(47)63-11)30-50(56-37(3)19-14-20-38(56)4)59(49)65-66-60-51(57-39(5)21-15-22-40(57)6)31-44(48-34-46(62-10)26-28-54(48)64-12)32-52(60)58-41(7)23-16-24-42(58)8/h13-34H,1-12H3. The Hall–Kier alpha value is -6.44. The predicted molar refractivity (Wildman–Crippen MR) is 283 cm³/mol. The third kappa shape index (κ3) is 8.81. The Balaban J connectivity index is 1.55. The maximum atomic E-state index is 6.07. The highest BCUT2D eigenvalue weighted by Gasteiger charge is 2.24. The SMILES string of the molecule is COc1ccc(OC)c(-c2cc(-c3c(C)cccc3C)c(P=Pc3c(-c4c(C)cccc4C)cc(-c4cc(OC)ccc4OC)cc3-c3c(C)cccc3C)c(-c3c(C)cccc3C)c2)c1. The number of aryl methyl sites for hydroxylation is 8. The summed E-state index contributed by atoms with van der Waals surface area (Å²) in [5, 5.41) is 2.55. The lowest BCUT2D eigenvalue weighted by Gasteiger charge is -2.23. The van der Waals surface area contributed by atoms with Crippen molar-refractivity contribution in [2.75, 3.05) is 28.4 Å². The monoisotopic (exact) mass is 904 g/mol. The van der Waals surface area contributed by atoms with Crippen molar-refractivity contribution in [2.45, 2.75) is 55.4 Å². The third-order valence-electron chi connectivity index (χ3n) is 12.9. The Morgan fingerprint density at radius 1 is 0.288 bits per heavy atom. The molecule has 8 aromatic rings. The molecule has 0 spiro atoms. The third-order valence-corrected chi connectivity index (χ3v) is 15.9. The molecule has 8 aromatic carbocycles. The van der Waals surface area contributed by atoms with Gasteiger partial charge in [0.15, 0.2) is 0 Å². The van der Waals surface area contributed by atoms with E-state index in [0.29, 0.717) is 0 Å². The zero-order chi connectivity index (χ0) is 46.8. The molecule has 0 bridgehead atoms. The van der Waals surface area contributed by atoms with Crippen molar-refractivity contribution < 1.29 is 18.9 Å². The predicted octanol–water partition coefficient (Wildman–Crippen LogP) is 15.9. The quantitative estimate of drug-likeness (QED) is 0.114. The number of rotatable bonds is 12. The van der Waals surface area contributed by atoms with Crippen LogP contribution in [0.1, 0.15) is 44.5 Å². The molecule has 332 valence electrons. The summed E-state index contributed by atoms with van der Waals surface area (Å²) in [4.78, 5) is 0. The van der Waals surface area contributed by atoms with Crippen LogP contribution in [-0.4, -0.2) is 28.4 Å². The summed E-state index contributed by atoms with van der Waals surface area (Å²) in [6.07, 6.45) is 0. The second kappa shape index (κ2) is 19.6. The molecule has 8 rings (SSSR count). The fourth-order valence-corrected chi connectivity index (χ4v) is 12.9. The van der Waals surface area contributed by atoms with E-state index in [1.807, 2.05) is 24.3 Å². The lowest BCUT2D eigenvalue weighted by Crippen LogP contribution is -2.10. The van der Waals surface area contributed by atoms with Crippen molar-refractivity contribution in [1.29, 1.82) is 0 Å². The molecule has 0 amide bonds. The lowest BCUT2D eigenvalue weighted by molar-refractivity contribution is 0.404. The van der Waals surface area contributed by atoms with Crippen LogP contribution in [0, 0.1) is 55.4 Å². The highest BCUT2D eigenvalue weighted by molar-refractivity contribution is 7.91. The van der Waals surface area contributed by atoms with E-state index in [0.717, 1.165) is 61.0 Å². The fourth-order valence-electron chi connectivity index (χ4n) is 9.69. The molecule has 66 heavy (non-hydrogen) atoms. The minimum Gasteiger partial charge on any atom is -0.497 e. The van der Waals surface area contributed by atoms with Crippen LogP contribution in [-0.2, 0) is 0 Å². The zero-order valence-electron chi connectivity index (χ0n) is 40.2. The maximum absolute atomic E-state index is 6.07. The average molecular weight is 905 g/mol. The average Bonchev–Trinajstić information content (AvgIpc) is 3.30. The summed E-state index contributed by atoms with van der Waals surface area (Å²) in [6.45, 7) is 17.9. The molecule has 6 heteroatoms. The molecular weight excluding hydrogens is 847 g/mol. The van der Waals surface area contributed by atoms with E-state index >= 15 is 0 Å². The van der Waals surface area contributed by atoms with Crippen molar-refractivity contribution in [3.8, 4) is 89.8 Å². The van der Waals surface area contributed by atoms with Gasteiger partial charge in [-0.2, -0.15) is 0 Å². The Morgan fingerprint density at radius 2 is 0.545 bits per heavy atom. The van der Waals surface area contributed by atoms with E-state index in [9.17, 15) is 0 Å². The van der Waals surface area contributed by atoms with Gasteiger partial charge in [-0.25, -0.2) is 0 Å². The van der Waals surface area contributed by atoms with Gasteiger partial charge in [0.2, 0.25) is 0 Å². The largest absolute Gasteiger partial charge is 0.497 e. The van der Waals surface area contributed by atoms with E-state index in [-0.39, 0.29) is 0 Å². The van der Waals surface area contributed by atoms with Gasteiger partial charge in [-0.15, -0.1) is 0 Å². The number of ether oxygens (including phenoxy) is 4. The van der Waals surface area contributed by atoms with Crippen LogP contribution in [0.25, 0.3) is 66.8 Å². The van der Waals surface area contributed by atoms with Gasteiger partial charge < -0.3 is 18.9 Å². The molecule has 0 fully saturated rings. The molecule has 0 aliphatic heterocycles. The van der Waals surface area contributed by atoms with Crippen molar-refractivity contribution in [3.05, 3.63) is 178 Å². The maximum Gasteiger partial charge on any atom is 0.126 e. The van der Waals surface area contributed by atoms with Gasteiger partial charge in [0, 0.05) is 21.7 Å². The molecule has 0 unspecified atom stereocenters. The second-order valence-electron chi connectivity index (χ2n) is 17.2. The number of hydrogen-bond acceptors (Lipinski definition) is 4. The van der Waals surface area contributed by atoms with Gasteiger partial charge in [0.1, 0.15) is 23.0 Å². The number of hydrogen-bond donors (Lipinski definition) is 0. The first kappa shape index (κ1) is 46.1. The summed E-state index contributed by atoms with van der Waals surface area (Å²) < 4.78 is 23.8. The summed E-state index contributed by atoms with van der Waals surface area (Å²) in [6, 6.07) is 48.2. The minimum absolute atomic E-state index is 0.779. The molecule has 0 radical (unpaired) electrons. The van der Waals surface area contributed by atoms with Crippen LogP contribution in [0.4, 0.5) is 0 Å². The molecule has 0 aromatic heterocycles. The van der Waals surface area contributed by atoms with E-state index < -0.39 is 0 Å². The Morgan fingerprint density at radius 3 is 0.773 bits per heavy atom. The topological polar surface area (TPSA) is 36.9 Å². The van der Waals surface area contributed by atoms with E-state index in [1.54, 1.807) is 28.4 Å². The number of methoxy groups -OCH3 is 4. The summed E-state index contributed by atoms with van der Waals surface area (Å²) >= 11 is 0. The molecule has 0 saturated heterocycles. The van der Waals surface area contributed by atoms with Gasteiger partial charge in [-0.05, 0) is 232 Å². The van der Waals surface area contributed by atoms with Crippen LogP contribution >= 0.6 is 15.7 Å². The first-order valence-electron chi connectivity index (χ1n) is 22.4. The molecular formula is C60H58O4P2. The highest BCUT2D eigenvalue weighted by atomic mass is 31.7. The molecule has 0 atom stereocenters. The lowest BCUT2D eigenvalue weighted by atomic mass is 9.87. The molecule has 4 nitrogen and oxygen atoms in total. The summed E-state index contributed by atoms with van der Waals surface area (Å²) in [7, 11) is 9.19. The summed E-state index contributed by atoms with van der Waals surface area (Å²) in [5.41, 5.74) is 23.8. The highest BCUT2D eigenvalue weighted by Crippen LogP contribution is 2.46. The molecule has 0 N–H and O–H groups in total. The second-order valence-corrected chi connectivity index (χ2v) is 19.7. The van der Waals surface area contributed by atoms with Gasteiger partial charge in [-0.3, -0.25) is 0 Å². The number of benzene rings is 8. The Kier molecular flexibility index (Phi) is 13.7. The molecule has 0 saturated carbocycles. The fraction of sp³-hybridized carbons (Fsp3) is 0.200. The zero-order valence-corrected chi connectivity index (χ0v) is 42.0. The van der Waals surface area contributed by atoms with Crippen molar-refractivity contribution in [1.82, 2.24) is 0 Å². The first-order valence-corrected chi connectivity index (χ1v) is 24.9. The molecule has 0 heterocycles. The van der Waals surface area contributed by atoms with E-state index in [2.05, 4.69) is 165 Å². The normalized spacial score (nSPS) is 11.3. The van der Waals surface area contributed by atoms with Crippen LogP contribution in [0.3, 0.4) is 0 Å². The van der Waals surface area contributed by atoms with Crippen LogP contribution < -0.4 is 29.6 Å². The first-order chi connectivity index (χ1) is 31.9. The van der Waals surface area contributed by atoms with E-state index in [1.165, 1.54) is 99.6 Å². The Labute approximate surface area is 395 Å². The van der Waals surface area contributed by atoms with Gasteiger partial charge in [-0.1, -0.05) is 72.8 Å². The molecule has 0 aliphatic rings. The smallest absolute Gasteiger partial charge is 0.126 e. The van der Waals surface area contributed by atoms with Crippen LogP contribution in [0.15, 0.2) is 133 Å². The van der Waals surface area contributed by atoms with E-state index in [4.69, 9.17) is 18.9 Å². The minimum atomic E-state index is 0.779. The van der Waals surface area contributed by atoms with Gasteiger partial charge in [0.25, 0.3) is 0 Å². The molecule has 0 aliphatic carbocycles. The van der Waals surface area contributed by atoms with Crippen molar-refractivity contribution in [3.63, 3.8) is 0 Å². The van der Waals surface area contributed by atoms with Crippen molar-refractivity contribution in [2.24, 2.45) is 0 Å². The van der Waals surface area contributed by atoms with Crippen molar-refractivity contribution >= 4 is 26.3 Å². The van der Waals surface area contributed by atoms with Crippen LogP contribution in [0.2, 0.25) is 0 Å². The Bertz CT molecular complexity index is 2740. The van der Waals surface area contributed by atoms with Gasteiger partial charge >= 0.3 is 0 Å². The summed E-state index contributed by atoms with van der Waals surface area (Å²) in [5.74, 6) is 3.15. The van der Waals surface area contributed by atoms with Gasteiger partial charge in [0.05, 0.1) is 28.4 Å². The van der Waals surface area contributed by atoms with Crippen LogP contribution in [0.5, 0.6) is 23.0 Å².